The number of nitriles is 1. The van der Waals surface area contributed by atoms with Gasteiger partial charge in [-0.1, -0.05) is 49.4 Å². The van der Waals surface area contributed by atoms with Gasteiger partial charge in [0.05, 0.1) is 5.56 Å². The lowest BCUT2D eigenvalue weighted by Crippen LogP contribution is -1.87. The second-order valence-corrected chi connectivity index (χ2v) is 5.03. The lowest BCUT2D eigenvalue weighted by Gasteiger charge is -2.06. The fraction of sp³-hybridized carbons (Fsp3) is 0.105. The standard InChI is InChI=1S/C19H14FN/c1-2-13-3-5-14(6-4-13)15-9-10-18-16(11-15)7-8-17(12-21)19(18)20/h3-11H,2H2,1H3. The summed E-state index contributed by atoms with van der Waals surface area (Å²) in [6, 6.07) is 19.2. The molecule has 0 radical (unpaired) electrons. The van der Waals surface area contributed by atoms with Crippen LogP contribution in [0.2, 0.25) is 0 Å². The number of hydrogen-bond acceptors (Lipinski definition) is 1. The van der Waals surface area contributed by atoms with E-state index in [4.69, 9.17) is 5.26 Å². The zero-order valence-corrected chi connectivity index (χ0v) is 11.7. The first-order chi connectivity index (χ1) is 10.2. The van der Waals surface area contributed by atoms with Gasteiger partial charge in [0.2, 0.25) is 0 Å². The second-order valence-electron chi connectivity index (χ2n) is 5.03. The first-order valence-corrected chi connectivity index (χ1v) is 6.94. The molecule has 2 heteroatoms. The molecule has 3 aromatic carbocycles. The molecule has 3 rings (SSSR count). The number of rotatable bonds is 2. The highest BCUT2D eigenvalue weighted by atomic mass is 19.1. The minimum atomic E-state index is -0.442. The fourth-order valence-electron chi connectivity index (χ4n) is 2.49. The summed E-state index contributed by atoms with van der Waals surface area (Å²) in [6.45, 7) is 2.13. The van der Waals surface area contributed by atoms with Crippen LogP contribution in [-0.2, 0) is 6.42 Å². The van der Waals surface area contributed by atoms with Crippen LogP contribution in [-0.4, -0.2) is 0 Å². The predicted molar refractivity (Wildman–Crippen MR) is 83.4 cm³/mol. The van der Waals surface area contributed by atoms with Gasteiger partial charge in [-0.05, 0) is 40.6 Å². The van der Waals surface area contributed by atoms with Gasteiger partial charge in [-0.15, -0.1) is 0 Å². The molecule has 0 fully saturated rings. The summed E-state index contributed by atoms with van der Waals surface area (Å²) in [5.41, 5.74) is 3.54. The summed E-state index contributed by atoms with van der Waals surface area (Å²) in [6.07, 6.45) is 1.01. The molecular weight excluding hydrogens is 261 g/mol. The van der Waals surface area contributed by atoms with Gasteiger partial charge in [0.1, 0.15) is 11.9 Å². The molecule has 21 heavy (non-hydrogen) atoms. The van der Waals surface area contributed by atoms with E-state index in [1.165, 1.54) is 11.6 Å². The van der Waals surface area contributed by atoms with Gasteiger partial charge < -0.3 is 0 Å². The summed E-state index contributed by atoms with van der Waals surface area (Å²) >= 11 is 0. The van der Waals surface area contributed by atoms with E-state index in [1.54, 1.807) is 12.1 Å². The molecule has 0 heterocycles. The summed E-state index contributed by atoms with van der Waals surface area (Å²) in [4.78, 5) is 0. The van der Waals surface area contributed by atoms with E-state index < -0.39 is 5.82 Å². The van der Waals surface area contributed by atoms with E-state index in [0.717, 1.165) is 22.9 Å². The monoisotopic (exact) mass is 275 g/mol. The Labute approximate surface area is 123 Å². The average molecular weight is 275 g/mol. The molecule has 3 aromatic rings. The quantitative estimate of drug-likeness (QED) is 0.639. The topological polar surface area (TPSA) is 23.8 Å². The molecule has 1 nitrogen and oxygen atoms in total. The van der Waals surface area contributed by atoms with Gasteiger partial charge in [-0.25, -0.2) is 4.39 Å². The van der Waals surface area contributed by atoms with Crippen molar-refractivity contribution in [1.29, 1.82) is 5.26 Å². The van der Waals surface area contributed by atoms with Crippen LogP contribution in [0.25, 0.3) is 21.9 Å². The van der Waals surface area contributed by atoms with E-state index in [0.29, 0.717) is 5.39 Å². The van der Waals surface area contributed by atoms with Crippen LogP contribution in [0.1, 0.15) is 18.1 Å². The molecule has 0 bridgehead atoms. The van der Waals surface area contributed by atoms with Crippen LogP contribution < -0.4 is 0 Å². The number of aryl methyl sites for hydroxylation is 1. The van der Waals surface area contributed by atoms with Gasteiger partial charge >= 0.3 is 0 Å². The summed E-state index contributed by atoms with van der Waals surface area (Å²) in [7, 11) is 0. The van der Waals surface area contributed by atoms with E-state index in [2.05, 4.69) is 31.2 Å². The molecule has 102 valence electrons. The maximum atomic E-state index is 14.1. The van der Waals surface area contributed by atoms with Gasteiger partial charge in [-0.3, -0.25) is 0 Å². The Morgan fingerprint density at radius 1 is 0.952 bits per heavy atom. The van der Waals surface area contributed by atoms with Crippen LogP contribution >= 0.6 is 0 Å². The number of benzene rings is 3. The van der Waals surface area contributed by atoms with E-state index in [-0.39, 0.29) is 5.56 Å². The number of fused-ring (bicyclic) bond motifs is 1. The van der Waals surface area contributed by atoms with Gasteiger partial charge in [0, 0.05) is 5.39 Å². The minimum absolute atomic E-state index is 0.0857. The third kappa shape index (κ3) is 2.39. The highest BCUT2D eigenvalue weighted by Gasteiger charge is 2.08. The molecule has 0 amide bonds. The normalized spacial score (nSPS) is 10.5. The first-order valence-electron chi connectivity index (χ1n) is 6.94. The molecule has 0 aliphatic heterocycles. The lowest BCUT2D eigenvalue weighted by molar-refractivity contribution is 0.636. The van der Waals surface area contributed by atoms with Crippen LogP contribution in [0.5, 0.6) is 0 Å². The molecule has 0 unspecified atom stereocenters. The summed E-state index contributed by atoms with van der Waals surface area (Å²) in [5.74, 6) is -0.442. The molecule has 0 saturated heterocycles. The van der Waals surface area contributed by atoms with E-state index in [1.807, 2.05) is 18.2 Å². The smallest absolute Gasteiger partial charge is 0.148 e. The Kier molecular flexibility index (Phi) is 3.41. The van der Waals surface area contributed by atoms with Gasteiger partial charge in [0.25, 0.3) is 0 Å². The maximum absolute atomic E-state index is 14.1. The Morgan fingerprint density at radius 2 is 1.67 bits per heavy atom. The molecule has 0 saturated carbocycles. The lowest BCUT2D eigenvalue weighted by atomic mass is 9.98. The predicted octanol–water partition coefficient (Wildman–Crippen LogP) is 5.08. The fourth-order valence-corrected chi connectivity index (χ4v) is 2.49. The van der Waals surface area contributed by atoms with Crippen molar-refractivity contribution in [3.8, 4) is 17.2 Å². The second kappa shape index (κ2) is 5.38. The summed E-state index contributed by atoms with van der Waals surface area (Å²) in [5, 5.41) is 10.2. The number of nitrogens with zero attached hydrogens (tertiary/aromatic N) is 1. The largest absolute Gasteiger partial charge is 0.205 e. The Hall–Kier alpha value is -2.66. The van der Waals surface area contributed by atoms with Crippen molar-refractivity contribution < 1.29 is 4.39 Å². The molecule has 0 atom stereocenters. The van der Waals surface area contributed by atoms with E-state index in [9.17, 15) is 4.39 Å². The number of hydrogen-bond donors (Lipinski definition) is 0. The number of halogens is 1. The highest BCUT2D eigenvalue weighted by molar-refractivity contribution is 5.88. The Balaban J connectivity index is 2.11. The van der Waals surface area contributed by atoms with Crippen molar-refractivity contribution in [1.82, 2.24) is 0 Å². The van der Waals surface area contributed by atoms with Gasteiger partial charge in [-0.2, -0.15) is 5.26 Å². The molecule has 0 N–H and O–H groups in total. The van der Waals surface area contributed by atoms with Crippen molar-refractivity contribution >= 4 is 10.8 Å². The average Bonchev–Trinajstić information content (AvgIpc) is 2.55. The van der Waals surface area contributed by atoms with Gasteiger partial charge in [0.15, 0.2) is 0 Å². The van der Waals surface area contributed by atoms with Crippen LogP contribution in [0.4, 0.5) is 4.39 Å². The van der Waals surface area contributed by atoms with Crippen LogP contribution in [0, 0.1) is 17.1 Å². The Morgan fingerprint density at radius 3 is 2.33 bits per heavy atom. The highest BCUT2D eigenvalue weighted by Crippen LogP contribution is 2.27. The molecule has 0 aliphatic rings. The maximum Gasteiger partial charge on any atom is 0.148 e. The van der Waals surface area contributed by atoms with Crippen molar-refractivity contribution in [2.24, 2.45) is 0 Å². The zero-order chi connectivity index (χ0) is 14.8. The third-order valence-electron chi connectivity index (χ3n) is 3.77. The zero-order valence-electron chi connectivity index (χ0n) is 11.7. The molecular formula is C19H14FN. The van der Waals surface area contributed by atoms with Crippen molar-refractivity contribution in [2.75, 3.05) is 0 Å². The SMILES string of the molecule is CCc1ccc(-c2ccc3c(F)c(C#N)ccc3c2)cc1. The Bertz CT molecular complexity index is 842. The molecule has 0 aromatic heterocycles. The molecule has 0 spiro atoms. The molecule has 0 aliphatic carbocycles. The van der Waals surface area contributed by atoms with Crippen LogP contribution in [0.3, 0.4) is 0 Å². The van der Waals surface area contributed by atoms with Crippen molar-refractivity contribution in [2.45, 2.75) is 13.3 Å². The van der Waals surface area contributed by atoms with Crippen molar-refractivity contribution in [3.63, 3.8) is 0 Å². The first kappa shape index (κ1) is 13.3. The van der Waals surface area contributed by atoms with Crippen molar-refractivity contribution in [3.05, 3.63) is 71.5 Å². The van der Waals surface area contributed by atoms with E-state index >= 15 is 0 Å². The van der Waals surface area contributed by atoms with Crippen LogP contribution in [0.15, 0.2) is 54.6 Å². The minimum Gasteiger partial charge on any atom is -0.205 e. The third-order valence-corrected chi connectivity index (χ3v) is 3.77. The summed E-state index contributed by atoms with van der Waals surface area (Å²) < 4.78 is 14.1.